The summed E-state index contributed by atoms with van der Waals surface area (Å²) < 4.78 is 0. The van der Waals surface area contributed by atoms with Gasteiger partial charge >= 0.3 is 0 Å². The number of nitrogens with two attached hydrogens (primary N) is 2. The molecule has 1 aliphatic heterocycles. The van der Waals surface area contributed by atoms with Crippen LogP contribution in [0.15, 0.2) is 11.1 Å². The molecule has 1 heterocycles. The fraction of sp³-hybridized carbons (Fsp3) is 0.643. The summed E-state index contributed by atoms with van der Waals surface area (Å²) in [5, 5.41) is 0. The molecule has 1 rings (SSSR count). The van der Waals surface area contributed by atoms with Gasteiger partial charge in [0, 0.05) is 18.7 Å². The van der Waals surface area contributed by atoms with E-state index in [-0.39, 0.29) is 12.5 Å². The van der Waals surface area contributed by atoms with Crippen molar-refractivity contribution in [2.24, 2.45) is 17.4 Å². The Morgan fingerprint density at radius 3 is 2.70 bits per heavy atom. The number of carbonyl (C=O) groups excluding carboxylic acids is 3. The third-order valence-corrected chi connectivity index (χ3v) is 3.75. The predicted octanol–water partition coefficient (Wildman–Crippen LogP) is -0.385. The lowest BCUT2D eigenvalue weighted by Gasteiger charge is -2.33. The summed E-state index contributed by atoms with van der Waals surface area (Å²) >= 11 is 0. The van der Waals surface area contributed by atoms with E-state index in [1.54, 1.807) is 6.92 Å². The molecule has 1 aliphatic rings. The van der Waals surface area contributed by atoms with Crippen LogP contribution < -0.4 is 11.5 Å². The second kappa shape index (κ2) is 7.91. The lowest BCUT2D eigenvalue weighted by atomic mass is 9.92. The molecule has 0 bridgehead atoms. The highest BCUT2D eigenvalue weighted by Crippen LogP contribution is 2.21. The molecule has 112 valence electrons. The standard InChI is InChI=1S/C14H23N3O3/c1-10-11(8-18)6-17(7-12(10)9-19)14(20)13(16)4-2-3-5-15/h8-9,11,13H,2-7,15-16H2,1H3. The van der Waals surface area contributed by atoms with Crippen LogP contribution in [0.25, 0.3) is 0 Å². The van der Waals surface area contributed by atoms with Crippen LogP contribution in [0, 0.1) is 5.92 Å². The highest BCUT2D eigenvalue weighted by Gasteiger charge is 2.30. The van der Waals surface area contributed by atoms with Gasteiger partial charge in [-0.15, -0.1) is 0 Å². The van der Waals surface area contributed by atoms with Crippen molar-refractivity contribution < 1.29 is 14.4 Å². The number of carbonyl (C=O) groups is 3. The molecule has 1 amide bonds. The first-order valence-electron chi connectivity index (χ1n) is 6.89. The predicted molar refractivity (Wildman–Crippen MR) is 75.8 cm³/mol. The molecule has 0 saturated carbocycles. The molecule has 0 aromatic carbocycles. The number of rotatable bonds is 7. The van der Waals surface area contributed by atoms with E-state index in [0.717, 1.165) is 24.7 Å². The first-order chi connectivity index (χ1) is 9.54. The quantitative estimate of drug-likeness (QED) is 0.488. The first kappa shape index (κ1) is 16.5. The maximum atomic E-state index is 12.2. The molecule has 6 nitrogen and oxygen atoms in total. The second-order valence-corrected chi connectivity index (χ2v) is 5.18. The van der Waals surface area contributed by atoms with Crippen molar-refractivity contribution in [3.63, 3.8) is 0 Å². The molecule has 2 atom stereocenters. The molecule has 0 aromatic heterocycles. The van der Waals surface area contributed by atoms with Crippen molar-refractivity contribution >= 4 is 18.5 Å². The Morgan fingerprint density at radius 1 is 1.45 bits per heavy atom. The average Bonchev–Trinajstić information content (AvgIpc) is 2.46. The zero-order valence-electron chi connectivity index (χ0n) is 11.9. The number of hydrogen-bond acceptors (Lipinski definition) is 5. The summed E-state index contributed by atoms with van der Waals surface area (Å²) in [7, 11) is 0. The molecule has 6 heteroatoms. The van der Waals surface area contributed by atoms with E-state index in [4.69, 9.17) is 11.5 Å². The Kier molecular flexibility index (Phi) is 6.54. The normalized spacial score (nSPS) is 20.8. The van der Waals surface area contributed by atoms with E-state index in [0.29, 0.717) is 31.4 Å². The van der Waals surface area contributed by atoms with Crippen molar-refractivity contribution in [3.8, 4) is 0 Å². The van der Waals surface area contributed by atoms with Crippen LogP contribution in [0.1, 0.15) is 26.2 Å². The van der Waals surface area contributed by atoms with Crippen LogP contribution in [-0.4, -0.2) is 49.1 Å². The second-order valence-electron chi connectivity index (χ2n) is 5.18. The number of aldehydes is 2. The van der Waals surface area contributed by atoms with Crippen molar-refractivity contribution in [1.29, 1.82) is 0 Å². The van der Waals surface area contributed by atoms with Crippen LogP contribution in [0.3, 0.4) is 0 Å². The van der Waals surface area contributed by atoms with Crippen LogP contribution in [0.5, 0.6) is 0 Å². The van der Waals surface area contributed by atoms with Gasteiger partial charge in [0.2, 0.25) is 5.91 Å². The van der Waals surface area contributed by atoms with Crippen LogP contribution >= 0.6 is 0 Å². The largest absolute Gasteiger partial charge is 0.336 e. The monoisotopic (exact) mass is 281 g/mol. The minimum atomic E-state index is -0.597. The molecule has 20 heavy (non-hydrogen) atoms. The Bertz CT molecular complexity index is 406. The van der Waals surface area contributed by atoms with Gasteiger partial charge in [-0.05, 0) is 26.3 Å². The van der Waals surface area contributed by atoms with Gasteiger partial charge in [-0.1, -0.05) is 12.0 Å². The number of amides is 1. The number of hydrogen-bond donors (Lipinski definition) is 2. The Hall–Kier alpha value is -1.53. The van der Waals surface area contributed by atoms with Crippen molar-refractivity contribution in [3.05, 3.63) is 11.1 Å². The molecule has 0 radical (unpaired) electrons. The molecule has 4 N–H and O–H groups in total. The van der Waals surface area contributed by atoms with Crippen molar-refractivity contribution in [2.75, 3.05) is 19.6 Å². The number of unbranched alkanes of at least 4 members (excludes halogenated alkanes) is 1. The fourth-order valence-electron chi connectivity index (χ4n) is 2.32. The van der Waals surface area contributed by atoms with Gasteiger partial charge in [0.1, 0.15) is 12.6 Å². The Balaban J connectivity index is 2.70. The minimum Gasteiger partial charge on any atom is -0.336 e. The van der Waals surface area contributed by atoms with E-state index in [2.05, 4.69) is 0 Å². The summed E-state index contributed by atoms with van der Waals surface area (Å²) in [6.07, 6.45) is 3.68. The molecular formula is C14H23N3O3. The van der Waals surface area contributed by atoms with E-state index < -0.39 is 12.0 Å². The van der Waals surface area contributed by atoms with Gasteiger partial charge in [-0.3, -0.25) is 9.59 Å². The third kappa shape index (κ3) is 3.98. The Labute approximate surface area is 119 Å². The van der Waals surface area contributed by atoms with E-state index in [1.807, 2.05) is 0 Å². The highest BCUT2D eigenvalue weighted by atomic mass is 16.2. The van der Waals surface area contributed by atoms with E-state index in [9.17, 15) is 14.4 Å². The maximum Gasteiger partial charge on any atom is 0.239 e. The molecule has 0 aromatic rings. The minimum absolute atomic E-state index is 0.208. The van der Waals surface area contributed by atoms with Crippen molar-refractivity contribution in [1.82, 2.24) is 4.90 Å². The van der Waals surface area contributed by atoms with Gasteiger partial charge < -0.3 is 21.2 Å². The molecular weight excluding hydrogens is 258 g/mol. The summed E-state index contributed by atoms with van der Waals surface area (Å²) in [4.78, 5) is 35.8. The molecule has 0 saturated heterocycles. The fourth-order valence-corrected chi connectivity index (χ4v) is 2.32. The maximum absolute atomic E-state index is 12.2. The Morgan fingerprint density at radius 2 is 2.15 bits per heavy atom. The topological polar surface area (TPSA) is 106 Å². The van der Waals surface area contributed by atoms with E-state index in [1.165, 1.54) is 4.90 Å². The van der Waals surface area contributed by atoms with Crippen LogP contribution in [0.4, 0.5) is 0 Å². The van der Waals surface area contributed by atoms with Gasteiger partial charge in [-0.25, -0.2) is 0 Å². The highest BCUT2D eigenvalue weighted by molar-refractivity contribution is 5.86. The lowest BCUT2D eigenvalue weighted by Crippen LogP contribution is -2.49. The van der Waals surface area contributed by atoms with Gasteiger partial charge in [0.05, 0.1) is 12.0 Å². The third-order valence-electron chi connectivity index (χ3n) is 3.75. The van der Waals surface area contributed by atoms with Crippen LogP contribution in [-0.2, 0) is 14.4 Å². The molecule has 0 fully saturated rings. The summed E-state index contributed by atoms with van der Waals surface area (Å²) in [5.41, 5.74) is 12.5. The van der Waals surface area contributed by atoms with Gasteiger partial charge in [0.15, 0.2) is 0 Å². The smallest absolute Gasteiger partial charge is 0.239 e. The van der Waals surface area contributed by atoms with Gasteiger partial charge in [-0.2, -0.15) is 0 Å². The lowest BCUT2D eigenvalue weighted by molar-refractivity contribution is -0.133. The molecule has 0 aliphatic carbocycles. The molecule has 0 spiro atoms. The summed E-state index contributed by atoms with van der Waals surface area (Å²) in [5.74, 6) is -0.620. The SMILES string of the molecule is CC1=C(C=O)CN(C(=O)C(N)CCCCN)CC1C=O. The molecule has 2 unspecified atom stereocenters. The van der Waals surface area contributed by atoms with Crippen molar-refractivity contribution in [2.45, 2.75) is 32.2 Å². The zero-order chi connectivity index (χ0) is 15.1. The van der Waals surface area contributed by atoms with E-state index >= 15 is 0 Å². The van der Waals surface area contributed by atoms with Gasteiger partial charge in [0.25, 0.3) is 0 Å². The number of nitrogens with zero attached hydrogens (tertiary/aromatic N) is 1. The summed E-state index contributed by atoms with van der Waals surface area (Å²) in [6, 6.07) is -0.597. The first-order valence-corrected chi connectivity index (χ1v) is 6.89. The van der Waals surface area contributed by atoms with Crippen LogP contribution in [0.2, 0.25) is 0 Å². The zero-order valence-corrected chi connectivity index (χ0v) is 11.9. The summed E-state index contributed by atoms with van der Waals surface area (Å²) in [6.45, 7) is 2.88. The average molecular weight is 281 g/mol.